The van der Waals surface area contributed by atoms with Crippen LogP contribution in [-0.2, 0) is 11.3 Å². The van der Waals surface area contributed by atoms with Gasteiger partial charge in [-0.25, -0.2) is 14.6 Å². The van der Waals surface area contributed by atoms with Crippen LogP contribution in [0.2, 0.25) is 0 Å². The van der Waals surface area contributed by atoms with Crippen molar-refractivity contribution in [2.24, 2.45) is 5.92 Å². The van der Waals surface area contributed by atoms with Gasteiger partial charge >= 0.3 is 0 Å². The molecule has 0 N–H and O–H groups in total. The van der Waals surface area contributed by atoms with Crippen LogP contribution in [0.25, 0.3) is 11.2 Å². The fourth-order valence-electron chi connectivity index (χ4n) is 3.40. The summed E-state index contributed by atoms with van der Waals surface area (Å²) < 4.78 is 1.79. The van der Waals surface area contributed by atoms with E-state index >= 15 is 0 Å². The third-order valence-corrected chi connectivity index (χ3v) is 4.98. The second-order valence-electron chi connectivity index (χ2n) is 6.88. The van der Waals surface area contributed by atoms with Crippen LogP contribution in [0.5, 0.6) is 0 Å². The van der Waals surface area contributed by atoms with E-state index in [0.29, 0.717) is 24.4 Å². The average Bonchev–Trinajstić information content (AvgIpc) is 3.27. The molecule has 8 heteroatoms. The molecular weight excluding hydrogens is 330 g/mol. The van der Waals surface area contributed by atoms with Crippen LogP contribution < -0.4 is 4.90 Å². The third-order valence-electron chi connectivity index (χ3n) is 4.98. The van der Waals surface area contributed by atoms with Crippen LogP contribution in [0, 0.1) is 5.92 Å². The first-order valence-corrected chi connectivity index (χ1v) is 8.91. The Hall–Kier alpha value is -3.03. The van der Waals surface area contributed by atoms with Crippen LogP contribution >= 0.6 is 0 Å². The van der Waals surface area contributed by atoms with Crippen molar-refractivity contribution in [3.05, 3.63) is 42.2 Å². The van der Waals surface area contributed by atoms with Gasteiger partial charge in [-0.3, -0.25) is 4.79 Å². The molecule has 0 spiro atoms. The van der Waals surface area contributed by atoms with Crippen molar-refractivity contribution >= 4 is 22.9 Å². The van der Waals surface area contributed by atoms with E-state index in [2.05, 4.69) is 37.3 Å². The predicted molar refractivity (Wildman–Crippen MR) is 95.3 cm³/mol. The number of aromatic nitrogens is 5. The smallest absolute Gasteiger partial charge is 0.227 e. The fraction of sp³-hybridized carbons (Fsp3) is 0.389. The van der Waals surface area contributed by atoms with Gasteiger partial charge in [0.15, 0.2) is 17.0 Å². The van der Waals surface area contributed by atoms with Crippen molar-refractivity contribution in [3.8, 4) is 0 Å². The highest BCUT2D eigenvalue weighted by Crippen LogP contribution is 2.32. The molecule has 26 heavy (non-hydrogen) atoms. The van der Waals surface area contributed by atoms with Gasteiger partial charge in [0.05, 0.1) is 13.2 Å². The fourth-order valence-corrected chi connectivity index (χ4v) is 3.40. The van der Waals surface area contributed by atoms with Crippen LogP contribution in [0.3, 0.4) is 0 Å². The van der Waals surface area contributed by atoms with Gasteiger partial charge in [0.25, 0.3) is 0 Å². The molecule has 3 heterocycles. The maximum Gasteiger partial charge on any atom is 0.227 e. The number of carbonyl (C=O) groups excluding carboxylic acids is 1. The van der Waals surface area contributed by atoms with E-state index in [1.54, 1.807) is 11.0 Å². The van der Waals surface area contributed by atoms with Gasteiger partial charge in [-0.2, -0.15) is 0 Å². The maximum absolute atomic E-state index is 12.3. The number of benzene rings is 1. The van der Waals surface area contributed by atoms with E-state index in [4.69, 9.17) is 0 Å². The normalized spacial score (nSPS) is 17.2. The Kier molecular flexibility index (Phi) is 3.55. The Morgan fingerprint density at radius 2 is 1.96 bits per heavy atom. The van der Waals surface area contributed by atoms with E-state index in [-0.39, 0.29) is 11.8 Å². The predicted octanol–water partition coefficient (Wildman–Crippen LogP) is 1.29. The van der Waals surface area contributed by atoms with Gasteiger partial charge in [0, 0.05) is 19.0 Å². The molecule has 2 fully saturated rings. The Bertz CT molecular complexity index is 951. The topological polar surface area (TPSA) is 80.0 Å². The second kappa shape index (κ2) is 6.05. The molecule has 1 aliphatic carbocycles. The number of nitrogens with zero attached hydrogens (tertiary/aromatic N) is 7. The van der Waals surface area contributed by atoms with E-state index in [9.17, 15) is 4.79 Å². The quantitative estimate of drug-likeness (QED) is 0.706. The summed E-state index contributed by atoms with van der Waals surface area (Å²) in [5, 5.41) is 8.59. The Balaban J connectivity index is 1.41. The number of hydrogen-bond acceptors (Lipinski definition) is 6. The number of rotatable bonds is 4. The van der Waals surface area contributed by atoms with Gasteiger partial charge < -0.3 is 9.80 Å². The Morgan fingerprint density at radius 1 is 1.12 bits per heavy atom. The lowest BCUT2D eigenvalue weighted by molar-refractivity contribution is -0.131. The first kappa shape index (κ1) is 15.2. The molecule has 8 nitrogen and oxygen atoms in total. The summed E-state index contributed by atoms with van der Waals surface area (Å²) >= 11 is 0. The zero-order valence-electron chi connectivity index (χ0n) is 14.3. The van der Waals surface area contributed by atoms with Crippen molar-refractivity contribution in [3.63, 3.8) is 0 Å². The SMILES string of the molecule is O=C(C1CC1)N1CCN(c2ncnc3c2nnn3Cc2ccccc2)C1. The molecule has 2 aliphatic rings. The van der Waals surface area contributed by atoms with E-state index < -0.39 is 0 Å². The van der Waals surface area contributed by atoms with Crippen molar-refractivity contribution in [1.82, 2.24) is 29.9 Å². The van der Waals surface area contributed by atoms with Crippen LogP contribution in [0.1, 0.15) is 18.4 Å². The van der Waals surface area contributed by atoms with Gasteiger partial charge in [-0.1, -0.05) is 35.5 Å². The lowest BCUT2D eigenvalue weighted by atomic mass is 10.2. The molecule has 3 aromatic rings. The standard InChI is InChI=1S/C18H19N7O/c26-18(14-6-7-14)24-9-8-23(12-24)16-15-17(20-11-19-16)25(22-21-15)10-13-4-2-1-3-5-13/h1-5,11,14H,6-10,12H2. The summed E-state index contributed by atoms with van der Waals surface area (Å²) in [6.45, 7) is 2.67. The minimum absolute atomic E-state index is 0.243. The number of carbonyl (C=O) groups is 1. The molecule has 0 unspecified atom stereocenters. The minimum Gasteiger partial charge on any atom is -0.335 e. The van der Waals surface area contributed by atoms with Crippen molar-refractivity contribution < 1.29 is 4.79 Å². The van der Waals surface area contributed by atoms with Crippen molar-refractivity contribution in [2.75, 3.05) is 24.7 Å². The molecule has 1 saturated carbocycles. The Labute approximate surface area is 150 Å². The highest BCUT2D eigenvalue weighted by atomic mass is 16.2. The summed E-state index contributed by atoms with van der Waals surface area (Å²) in [5.74, 6) is 1.26. The lowest BCUT2D eigenvalue weighted by Gasteiger charge is -2.18. The molecular formula is C18H19N7O. The van der Waals surface area contributed by atoms with Gasteiger partial charge in [-0.05, 0) is 18.4 Å². The average molecular weight is 349 g/mol. The van der Waals surface area contributed by atoms with Crippen LogP contribution in [-0.4, -0.2) is 55.5 Å². The molecule has 1 saturated heterocycles. The highest BCUT2D eigenvalue weighted by molar-refractivity contribution is 5.85. The minimum atomic E-state index is 0.243. The molecule has 0 bridgehead atoms. The maximum atomic E-state index is 12.3. The molecule has 2 aromatic heterocycles. The number of fused-ring (bicyclic) bond motifs is 1. The summed E-state index contributed by atoms with van der Waals surface area (Å²) in [6, 6.07) is 10.1. The van der Waals surface area contributed by atoms with Crippen LogP contribution in [0.15, 0.2) is 36.7 Å². The molecule has 1 aliphatic heterocycles. The van der Waals surface area contributed by atoms with Gasteiger partial charge in [-0.15, -0.1) is 5.10 Å². The first-order chi connectivity index (χ1) is 12.8. The monoisotopic (exact) mass is 349 g/mol. The Morgan fingerprint density at radius 3 is 2.77 bits per heavy atom. The zero-order valence-corrected chi connectivity index (χ0v) is 14.3. The summed E-state index contributed by atoms with van der Waals surface area (Å²) in [7, 11) is 0. The number of hydrogen-bond donors (Lipinski definition) is 0. The zero-order chi connectivity index (χ0) is 17.5. The molecule has 0 atom stereocenters. The number of anilines is 1. The van der Waals surface area contributed by atoms with E-state index in [1.807, 2.05) is 23.1 Å². The lowest BCUT2D eigenvalue weighted by Crippen LogP contribution is -2.32. The summed E-state index contributed by atoms with van der Waals surface area (Å²) in [4.78, 5) is 25.1. The van der Waals surface area contributed by atoms with Gasteiger partial charge in [0.1, 0.15) is 6.33 Å². The number of amides is 1. The third kappa shape index (κ3) is 2.67. The molecule has 0 radical (unpaired) electrons. The summed E-state index contributed by atoms with van der Waals surface area (Å²) in [6.07, 6.45) is 3.61. The molecule has 1 amide bonds. The molecule has 5 rings (SSSR count). The summed E-state index contributed by atoms with van der Waals surface area (Å²) in [5.41, 5.74) is 2.54. The largest absolute Gasteiger partial charge is 0.335 e. The van der Waals surface area contributed by atoms with Crippen LogP contribution in [0.4, 0.5) is 5.82 Å². The first-order valence-electron chi connectivity index (χ1n) is 8.91. The van der Waals surface area contributed by atoms with Gasteiger partial charge in [0.2, 0.25) is 5.91 Å². The highest BCUT2D eigenvalue weighted by Gasteiger charge is 2.36. The van der Waals surface area contributed by atoms with Crippen molar-refractivity contribution in [1.29, 1.82) is 0 Å². The second-order valence-corrected chi connectivity index (χ2v) is 6.88. The molecule has 132 valence electrons. The van der Waals surface area contributed by atoms with E-state index in [0.717, 1.165) is 37.3 Å². The van der Waals surface area contributed by atoms with Crippen molar-refractivity contribution in [2.45, 2.75) is 19.4 Å². The van der Waals surface area contributed by atoms with E-state index in [1.165, 1.54) is 0 Å². The molecule has 1 aromatic carbocycles.